The number of hydrogen-bond donors (Lipinski definition) is 1. The van der Waals surface area contributed by atoms with Crippen LogP contribution in [0.15, 0.2) is 29.0 Å². The second kappa shape index (κ2) is 7.72. The molecule has 0 bridgehead atoms. The highest BCUT2D eigenvalue weighted by molar-refractivity contribution is 9.10. The van der Waals surface area contributed by atoms with Crippen LogP contribution in [0.1, 0.15) is 81.4 Å². The van der Waals surface area contributed by atoms with Crippen molar-refractivity contribution in [3.8, 4) is 0 Å². The summed E-state index contributed by atoms with van der Waals surface area (Å²) in [6, 6.07) is 6.33. The minimum absolute atomic E-state index is 0.0397. The van der Waals surface area contributed by atoms with Gasteiger partial charge in [0.2, 0.25) is 0 Å². The standard InChI is InChI=1S/C25H31BrN4O2/c1-15-5-7-19-21(15)22(29-14-28-19)20-12-25(9-10-30(20)23(31)32-24(2,3)4)13-27-18-8-6-16(26)11-17(18)25/h6,8,11,14-15,20,27H,5,7,9-10,12-13H2,1-4H3/t15?,20-,25?/m1/s1. The van der Waals surface area contributed by atoms with Gasteiger partial charge in [0, 0.05) is 39.9 Å². The van der Waals surface area contributed by atoms with E-state index in [0.717, 1.165) is 48.1 Å². The van der Waals surface area contributed by atoms with Gasteiger partial charge in [0.1, 0.15) is 11.9 Å². The van der Waals surface area contributed by atoms with Gasteiger partial charge in [-0.3, -0.25) is 4.90 Å². The molecule has 1 aromatic heterocycles. The number of fused-ring (bicyclic) bond motifs is 3. The minimum Gasteiger partial charge on any atom is -0.444 e. The molecule has 1 fully saturated rings. The molecule has 3 heterocycles. The molecular weight excluding hydrogens is 468 g/mol. The zero-order valence-electron chi connectivity index (χ0n) is 19.2. The van der Waals surface area contributed by atoms with Crippen LogP contribution in [0, 0.1) is 0 Å². The van der Waals surface area contributed by atoms with Gasteiger partial charge in [-0.2, -0.15) is 0 Å². The van der Waals surface area contributed by atoms with Gasteiger partial charge in [-0.25, -0.2) is 14.8 Å². The smallest absolute Gasteiger partial charge is 0.410 e. The van der Waals surface area contributed by atoms with E-state index in [-0.39, 0.29) is 17.6 Å². The van der Waals surface area contributed by atoms with E-state index in [1.807, 2.05) is 25.7 Å². The van der Waals surface area contributed by atoms with Crippen molar-refractivity contribution < 1.29 is 9.53 Å². The predicted molar refractivity (Wildman–Crippen MR) is 128 cm³/mol. The fourth-order valence-electron chi connectivity index (χ4n) is 5.68. The molecular formula is C25H31BrN4O2. The summed E-state index contributed by atoms with van der Waals surface area (Å²) in [5.74, 6) is 0.405. The maximum Gasteiger partial charge on any atom is 0.410 e. The largest absolute Gasteiger partial charge is 0.444 e. The number of nitrogens with one attached hydrogen (secondary N) is 1. The van der Waals surface area contributed by atoms with E-state index in [9.17, 15) is 4.79 Å². The number of likely N-dealkylation sites (tertiary alicyclic amines) is 1. The Morgan fingerprint density at radius 3 is 2.91 bits per heavy atom. The summed E-state index contributed by atoms with van der Waals surface area (Å²) in [4.78, 5) is 24.6. The second-order valence-corrected chi connectivity index (χ2v) is 11.4. The third-order valence-electron chi connectivity index (χ3n) is 7.21. The molecule has 1 aromatic carbocycles. The third kappa shape index (κ3) is 3.68. The van der Waals surface area contributed by atoms with E-state index in [1.54, 1.807) is 6.33 Å². The summed E-state index contributed by atoms with van der Waals surface area (Å²) in [7, 11) is 0. The lowest BCUT2D eigenvalue weighted by Crippen LogP contribution is -2.49. The van der Waals surface area contributed by atoms with Crippen LogP contribution in [0.25, 0.3) is 0 Å². The van der Waals surface area contributed by atoms with Crippen LogP contribution in [0.2, 0.25) is 0 Å². The number of halogens is 1. The number of rotatable bonds is 1. The van der Waals surface area contributed by atoms with Crippen LogP contribution in [0.3, 0.4) is 0 Å². The van der Waals surface area contributed by atoms with Gasteiger partial charge in [0.15, 0.2) is 0 Å². The molecule has 1 spiro atoms. The number of ether oxygens (including phenoxy) is 1. The first kappa shape index (κ1) is 21.7. The second-order valence-electron chi connectivity index (χ2n) is 10.5. The molecule has 32 heavy (non-hydrogen) atoms. The van der Waals surface area contributed by atoms with Crippen LogP contribution in [0.4, 0.5) is 10.5 Å². The normalized spacial score (nSPS) is 26.6. The van der Waals surface area contributed by atoms with Crippen molar-refractivity contribution in [1.82, 2.24) is 14.9 Å². The van der Waals surface area contributed by atoms with Gasteiger partial charge in [-0.05, 0) is 76.1 Å². The van der Waals surface area contributed by atoms with Gasteiger partial charge >= 0.3 is 6.09 Å². The number of amides is 1. The van der Waals surface area contributed by atoms with Crippen LogP contribution in [-0.2, 0) is 16.6 Å². The molecule has 1 amide bonds. The topological polar surface area (TPSA) is 67.4 Å². The molecule has 2 aliphatic heterocycles. The highest BCUT2D eigenvalue weighted by Gasteiger charge is 2.49. The van der Waals surface area contributed by atoms with Gasteiger partial charge in [-0.1, -0.05) is 22.9 Å². The number of benzene rings is 1. The Hall–Kier alpha value is -2.15. The lowest BCUT2D eigenvalue weighted by molar-refractivity contribution is 0.00131. The predicted octanol–water partition coefficient (Wildman–Crippen LogP) is 5.72. The molecule has 3 atom stereocenters. The zero-order valence-corrected chi connectivity index (χ0v) is 20.8. The summed E-state index contributed by atoms with van der Waals surface area (Å²) in [6.07, 6.45) is 5.20. The molecule has 2 aromatic rings. The van der Waals surface area contributed by atoms with Crippen molar-refractivity contribution >= 4 is 27.7 Å². The van der Waals surface area contributed by atoms with Gasteiger partial charge in [-0.15, -0.1) is 0 Å². The lowest BCUT2D eigenvalue weighted by Gasteiger charge is -2.45. The SMILES string of the molecule is CC1CCc2ncnc([C@H]3CC4(CCN3C(=O)OC(C)(C)C)CNc3ccc(Br)cc34)c21. The fraction of sp³-hybridized carbons (Fsp3) is 0.560. The Kier molecular flexibility index (Phi) is 5.23. The maximum atomic E-state index is 13.3. The molecule has 5 rings (SSSR count). The van der Waals surface area contributed by atoms with Gasteiger partial charge in [0.05, 0.1) is 11.7 Å². The van der Waals surface area contributed by atoms with Gasteiger partial charge in [0.25, 0.3) is 0 Å². The third-order valence-corrected chi connectivity index (χ3v) is 7.70. The van der Waals surface area contributed by atoms with Crippen LogP contribution >= 0.6 is 15.9 Å². The average Bonchev–Trinajstić information content (AvgIpc) is 3.28. The molecule has 1 N–H and O–H groups in total. The summed E-state index contributed by atoms with van der Waals surface area (Å²) >= 11 is 3.66. The Bertz CT molecular complexity index is 1070. The highest BCUT2D eigenvalue weighted by Crippen LogP contribution is 2.51. The van der Waals surface area contributed by atoms with Gasteiger partial charge < -0.3 is 10.1 Å². The van der Waals surface area contributed by atoms with Crippen molar-refractivity contribution in [3.63, 3.8) is 0 Å². The first-order chi connectivity index (χ1) is 15.2. The maximum absolute atomic E-state index is 13.3. The highest BCUT2D eigenvalue weighted by atomic mass is 79.9. The van der Waals surface area contributed by atoms with E-state index >= 15 is 0 Å². The number of aromatic nitrogens is 2. The van der Waals surface area contributed by atoms with Crippen molar-refractivity contribution in [1.29, 1.82) is 0 Å². The van der Waals surface area contributed by atoms with E-state index in [4.69, 9.17) is 9.72 Å². The minimum atomic E-state index is -0.538. The van der Waals surface area contributed by atoms with E-state index in [2.05, 4.69) is 51.4 Å². The quantitative estimate of drug-likeness (QED) is 0.543. The number of carbonyl (C=O) groups excluding carboxylic acids is 1. The average molecular weight is 499 g/mol. The first-order valence-corrected chi connectivity index (χ1v) is 12.3. The van der Waals surface area contributed by atoms with Crippen molar-refractivity contribution in [2.75, 3.05) is 18.4 Å². The number of carbonyl (C=O) groups is 1. The van der Waals surface area contributed by atoms with Crippen LogP contribution in [-0.4, -0.2) is 39.7 Å². The summed E-state index contributed by atoms with van der Waals surface area (Å²) in [6.45, 7) is 9.53. The molecule has 0 saturated carbocycles. The summed E-state index contributed by atoms with van der Waals surface area (Å²) in [5, 5.41) is 3.62. The Balaban J connectivity index is 1.58. The Labute approximate surface area is 198 Å². The Morgan fingerprint density at radius 2 is 2.12 bits per heavy atom. The lowest BCUT2D eigenvalue weighted by atomic mass is 9.70. The van der Waals surface area contributed by atoms with E-state index in [1.165, 1.54) is 16.8 Å². The van der Waals surface area contributed by atoms with E-state index < -0.39 is 5.60 Å². The molecule has 7 heteroatoms. The number of nitrogens with zero attached hydrogens (tertiary/aromatic N) is 3. The molecule has 6 nitrogen and oxygen atoms in total. The zero-order chi connectivity index (χ0) is 22.7. The fourth-order valence-corrected chi connectivity index (χ4v) is 6.04. The number of hydrogen-bond acceptors (Lipinski definition) is 5. The molecule has 1 saturated heterocycles. The molecule has 0 radical (unpaired) electrons. The molecule has 3 aliphatic rings. The number of anilines is 1. The number of piperidine rings is 1. The molecule has 2 unspecified atom stereocenters. The molecule has 1 aliphatic carbocycles. The number of aryl methyl sites for hydroxylation is 1. The van der Waals surface area contributed by atoms with Crippen LogP contribution < -0.4 is 5.32 Å². The first-order valence-electron chi connectivity index (χ1n) is 11.5. The van der Waals surface area contributed by atoms with Crippen molar-refractivity contribution in [3.05, 3.63) is 51.5 Å². The van der Waals surface area contributed by atoms with Crippen LogP contribution in [0.5, 0.6) is 0 Å². The van der Waals surface area contributed by atoms with E-state index in [0.29, 0.717) is 12.5 Å². The summed E-state index contributed by atoms with van der Waals surface area (Å²) in [5.41, 5.74) is 5.33. The molecule has 170 valence electrons. The summed E-state index contributed by atoms with van der Waals surface area (Å²) < 4.78 is 6.92. The van der Waals surface area contributed by atoms with Crippen molar-refractivity contribution in [2.45, 2.75) is 76.4 Å². The van der Waals surface area contributed by atoms with Crippen molar-refractivity contribution in [2.24, 2.45) is 0 Å². The Morgan fingerprint density at radius 1 is 1.31 bits per heavy atom. The monoisotopic (exact) mass is 498 g/mol.